The van der Waals surface area contributed by atoms with Crippen LogP contribution in [0.15, 0.2) is 53.4 Å². The second kappa shape index (κ2) is 5.63. The van der Waals surface area contributed by atoms with Gasteiger partial charge in [0.2, 0.25) is 15.9 Å². The Morgan fingerprint density at radius 3 is 2.25 bits per heavy atom. The average Bonchev–Trinajstić information content (AvgIpc) is 2.98. The summed E-state index contributed by atoms with van der Waals surface area (Å²) in [5, 5.41) is 5.08. The van der Waals surface area contributed by atoms with Crippen LogP contribution in [0.4, 0.5) is 11.4 Å². The molecule has 0 bridgehead atoms. The number of sulfonamides is 1. The van der Waals surface area contributed by atoms with Crippen LogP contribution in [-0.2, 0) is 34.3 Å². The smallest absolute Gasteiger partial charge is 0.273 e. The molecular formula is C17H15N3O6S2. The van der Waals surface area contributed by atoms with Crippen LogP contribution in [0.1, 0.15) is 5.56 Å². The van der Waals surface area contributed by atoms with E-state index in [-0.39, 0.29) is 16.1 Å². The zero-order valence-corrected chi connectivity index (χ0v) is 16.2. The van der Waals surface area contributed by atoms with Crippen LogP contribution >= 0.6 is 0 Å². The number of nitrogens with two attached hydrogens (primary N) is 1. The molecule has 2 amide bonds. The van der Waals surface area contributed by atoms with Crippen molar-refractivity contribution in [1.82, 2.24) is 0 Å². The number of anilines is 2. The van der Waals surface area contributed by atoms with Crippen molar-refractivity contribution in [3.63, 3.8) is 0 Å². The third kappa shape index (κ3) is 2.20. The van der Waals surface area contributed by atoms with Crippen LogP contribution in [0.3, 0.4) is 0 Å². The molecule has 2 heterocycles. The first-order valence-corrected chi connectivity index (χ1v) is 11.3. The van der Waals surface area contributed by atoms with Crippen LogP contribution < -0.4 is 14.9 Å². The fourth-order valence-corrected chi connectivity index (χ4v) is 6.35. The highest BCUT2D eigenvalue weighted by Gasteiger charge is 2.69. The molecule has 2 aliphatic rings. The molecule has 1 spiro atoms. The Hall–Kier alpha value is -2.76. The molecule has 2 N–H and O–H groups in total. The lowest BCUT2D eigenvalue weighted by atomic mass is 10.0. The highest BCUT2D eigenvalue weighted by atomic mass is 32.2. The summed E-state index contributed by atoms with van der Waals surface area (Å²) in [6, 6.07) is 11.2. The van der Waals surface area contributed by atoms with Crippen molar-refractivity contribution in [2.24, 2.45) is 5.14 Å². The highest BCUT2D eigenvalue weighted by molar-refractivity contribution is 7.94. The van der Waals surface area contributed by atoms with E-state index in [4.69, 9.17) is 5.14 Å². The molecule has 11 heteroatoms. The number of sulfone groups is 1. The quantitative estimate of drug-likeness (QED) is 0.721. The number of amides is 2. The van der Waals surface area contributed by atoms with Crippen molar-refractivity contribution in [2.75, 3.05) is 22.6 Å². The summed E-state index contributed by atoms with van der Waals surface area (Å²) >= 11 is 0. The average molecular weight is 421 g/mol. The van der Waals surface area contributed by atoms with Gasteiger partial charge < -0.3 is 4.90 Å². The van der Waals surface area contributed by atoms with Crippen molar-refractivity contribution >= 4 is 43.0 Å². The van der Waals surface area contributed by atoms with E-state index in [1.807, 2.05) is 0 Å². The SMILES string of the molecule is CN1C(=O)C2(c3ccccc31)N(c1ccc(S(N)(=O)=O)cc1)C(=O)CS2(=O)=O. The molecule has 2 aromatic rings. The monoisotopic (exact) mass is 421 g/mol. The summed E-state index contributed by atoms with van der Waals surface area (Å²) in [5.41, 5.74) is 0.651. The third-order valence-electron chi connectivity index (χ3n) is 4.98. The Labute approximate surface area is 161 Å². The number of likely N-dealkylation sites (N-methyl/N-ethyl adjacent to an activating group) is 1. The number of benzene rings is 2. The first-order valence-electron chi connectivity index (χ1n) is 8.08. The molecule has 2 aliphatic heterocycles. The predicted molar refractivity (Wildman–Crippen MR) is 101 cm³/mol. The van der Waals surface area contributed by atoms with E-state index in [1.165, 1.54) is 30.1 Å². The van der Waals surface area contributed by atoms with Gasteiger partial charge in [-0.1, -0.05) is 18.2 Å². The van der Waals surface area contributed by atoms with Gasteiger partial charge in [-0.25, -0.2) is 22.0 Å². The Kier molecular flexibility index (Phi) is 3.74. The first kappa shape index (κ1) is 18.6. The van der Waals surface area contributed by atoms with E-state index in [9.17, 15) is 26.4 Å². The number of rotatable bonds is 2. The highest BCUT2D eigenvalue weighted by Crippen LogP contribution is 2.51. The maximum absolute atomic E-state index is 13.2. The van der Waals surface area contributed by atoms with Crippen molar-refractivity contribution in [3.05, 3.63) is 54.1 Å². The Morgan fingerprint density at radius 2 is 1.64 bits per heavy atom. The number of fused-ring (bicyclic) bond motifs is 2. The lowest BCUT2D eigenvalue weighted by molar-refractivity contribution is -0.123. The van der Waals surface area contributed by atoms with Crippen LogP contribution in [0, 0.1) is 0 Å². The third-order valence-corrected chi connectivity index (χ3v) is 8.01. The summed E-state index contributed by atoms with van der Waals surface area (Å²) in [4.78, 5) is 25.6. The lowest BCUT2D eigenvalue weighted by Crippen LogP contribution is -2.53. The molecule has 1 saturated heterocycles. The number of hydrogen-bond acceptors (Lipinski definition) is 6. The van der Waals surface area contributed by atoms with E-state index >= 15 is 0 Å². The van der Waals surface area contributed by atoms with Gasteiger partial charge in [0.15, 0.2) is 9.84 Å². The van der Waals surface area contributed by atoms with E-state index < -0.39 is 42.3 Å². The van der Waals surface area contributed by atoms with E-state index in [1.54, 1.807) is 18.2 Å². The fraction of sp³-hybridized carbons (Fsp3) is 0.176. The van der Waals surface area contributed by atoms with Crippen molar-refractivity contribution in [2.45, 2.75) is 9.77 Å². The number of nitrogens with zero attached hydrogens (tertiary/aromatic N) is 2. The summed E-state index contributed by atoms with van der Waals surface area (Å²) in [7, 11) is -6.76. The number of carbonyl (C=O) groups is 2. The van der Waals surface area contributed by atoms with Crippen molar-refractivity contribution < 1.29 is 26.4 Å². The summed E-state index contributed by atoms with van der Waals surface area (Å²) in [5.74, 6) is -2.38. The molecule has 2 aromatic carbocycles. The van der Waals surface area contributed by atoms with Crippen LogP contribution in [0.25, 0.3) is 0 Å². The zero-order chi connectivity index (χ0) is 20.5. The molecule has 0 radical (unpaired) electrons. The number of para-hydroxylation sites is 1. The predicted octanol–water partition coefficient (Wildman–Crippen LogP) is -0.0752. The zero-order valence-electron chi connectivity index (χ0n) is 14.6. The van der Waals surface area contributed by atoms with Crippen molar-refractivity contribution in [1.29, 1.82) is 0 Å². The van der Waals surface area contributed by atoms with Gasteiger partial charge in [-0.2, -0.15) is 0 Å². The molecule has 0 aromatic heterocycles. The largest absolute Gasteiger partial charge is 0.312 e. The summed E-state index contributed by atoms with van der Waals surface area (Å²) in [6.45, 7) is 0. The minimum Gasteiger partial charge on any atom is -0.312 e. The molecule has 1 unspecified atom stereocenters. The van der Waals surface area contributed by atoms with E-state index in [2.05, 4.69) is 0 Å². The van der Waals surface area contributed by atoms with Crippen LogP contribution in [-0.4, -0.2) is 41.5 Å². The van der Waals surface area contributed by atoms with Gasteiger partial charge in [-0.3, -0.25) is 14.5 Å². The topological polar surface area (TPSA) is 135 Å². The van der Waals surface area contributed by atoms with Gasteiger partial charge in [0.25, 0.3) is 10.8 Å². The van der Waals surface area contributed by atoms with Gasteiger partial charge in [0.05, 0.1) is 10.6 Å². The van der Waals surface area contributed by atoms with Gasteiger partial charge in [-0.05, 0) is 30.3 Å². The molecule has 146 valence electrons. The molecule has 28 heavy (non-hydrogen) atoms. The number of carbonyl (C=O) groups excluding carboxylic acids is 2. The van der Waals surface area contributed by atoms with E-state index in [0.29, 0.717) is 5.69 Å². The van der Waals surface area contributed by atoms with E-state index in [0.717, 1.165) is 17.0 Å². The Balaban J connectivity index is 2.00. The van der Waals surface area contributed by atoms with Gasteiger partial charge >= 0.3 is 0 Å². The Morgan fingerprint density at radius 1 is 1.04 bits per heavy atom. The Bertz CT molecular complexity index is 1240. The van der Waals surface area contributed by atoms with Crippen LogP contribution in [0.5, 0.6) is 0 Å². The second-order valence-corrected chi connectivity index (χ2v) is 10.2. The van der Waals surface area contributed by atoms with Gasteiger partial charge in [0, 0.05) is 18.3 Å². The molecule has 4 rings (SSSR count). The first-order chi connectivity index (χ1) is 13.0. The summed E-state index contributed by atoms with van der Waals surface area (Å²) < 4.78 is 49.2. The maximum Gasteiger partial charge on any atom is 0.273 e. The van der Waals surface area contributed by atoms with Crippen LogP contribution in [0.2, 0.25) is 0 Å². The standard InChI is InChI=1S/C17H15N3O6S2/c1-19-14-5-3-2-4-13(14)17(16(19)22)20(15(21)10-27(17,23)24)11-6-8-12(9-7-11)28(18,25)26/h2-9H,10H2,1H3,(H2,18,25,26). The molecule has 9 nitrogen and oxygen atoms in total. The minimum absolute atomic E-state index is 0.0805. The molecular weight excluding hydrogens is 406 g/mol. The lowest BCUT2D eigenvalue weighted by Gasteiger charge is -2.32. The number of hydrogen-bond donors (Lipinski definition) is 1. The normalized spacial score (nSPS) is 23.5. The summed E-state index contributed by atoms with van der Waals surface area (Å²) in [6.07, 6.45) is 0. The molecule has 0 aliphatic carbocycles. The minimum atomic E-state index is -4.22. The molecule has 1 atom stereocenters. The molecule has 0 saturated carbocycles. The number of primary sulfonamides is 1. The van der Waals surface area contributed by atoms with Gasteiger partial charge in [0.1, 0.15) is 5.75 Å². The fourth-order valence-electron chi connectivity index (χ4n) is 3.78. The van der Waals surface area contributed by atoms with Gasteiger partial charge in [-0.15, -0.1) is 0 Å². The van der Waals surface area contributed by atoms with Crippen molar-refractivity contribution in [3.8, 4) is 0 Å². The maximum atomic E-state index is 13.2. The second-order valence-electron chi connectivity index (χ2n) is 6.55. The molecule has 1 fully saturated rings.